The van der Waals surface area contributed by atoms with Gasteiger partial charge in [-0.05, 0) is 5.39 Å². The SMILES string of the molecule is CN(Cc1cn[nH]c1)C(=O)c1cnc(Cl)c2ccccc12. The summed E-state index contributed by atoms with van der Waals surface area (Å²) in [7, 11) is 1.75. The first-order valence-corrected chi connectivity index (χ1v) is 6.81. The standard InChI is InChI=1S/C15H13ClN4O/c1-20(9-10-6-18-19-7-10)15(21)13-8-17-14(16)12-5-3-2-4-11(12)13/h2-8H,9H2,1H3,(H,18,19). The van der Waals surface area contributed by atoms with E-state index in [0.717, 1.165) is 16.3 Å². The molecule has 3 rings (SSSR count). The number of nitrogens with zero attached hydrogens (tertiary/aromatic N) is 3. The van der Waals surface area contributed by atoms with Gasteiger partial charge in [0.15, 0.2) is 0 Å². The fraction of sp³-hybridized carbons (Fsp3) is 0.133. The van der Waals surface area contributed by atoms with Crippen molar-refractivity contribution in [3.63, 3.8) is 0 Å². The number of hydrogen-bond donors (Lipinski definition) is 1. The molecule has 21 heavy (non-hydrogen) atoms. The van der Waals surface area contributed by atoms with Gasteiger partial charge in [0.05, 0.1) is 11.8 Å². The Balaban J connectivity index is 1.96. The average Bonchev–Trinajstić information content (AvgIpc) is 3.00. The quantitative estimate of drug-likeness (QED) is 0.757. The Morgan fingerprint density at radius 2 is 2.05 bits per heavy atom. The molecular formula is C15H13ClN4O. The Morgan fingerprint density at radius 1 is 1.29 bits per heavy atom. The van der Waals surface area contributed by atoms with Crippen LogP contribution in [0.1, 0.15) is 15.9 Å². The number of amides is 1. The van der Waals surface area contributed by atoms with E-state index in [-0.39, 0.29) is 5.91 Å². The Hall–Kier alpha value is -2.40. The van der Waals surface area contributed by atoms with E-state index in [2.05, 4.69) is 15.2 Å². The number of nitrogens with one attached hydrogen (secondary N) is 1. The van der Waals surface area contributed by atoms with Gasteiger partial charge in [0.25, 0.3) is 5.91 Å². The number of aromatic amines is 1. The van der Waals surface area contributed by atoms with E-state index in [1.807, 2.05) is 24.3 Å². The molecule has 6 heteroatoms. The molecule has 0 bridgehead atoms. The molecule has 0 atom stereocenters. The molecule has 5 nitrogen and oxygen atoms in total. The maximum Gasteiger partial charge on any atom is 0.256 e. The summed E-state index contributed by atoms with van der Waals surface area (Å²) in [5.74, 6) is -0.100. The van der Waals surface area contributed by atoms with Crippen LogP contribution in [-0.4, -0.2) is 33.0 Å². The highest BCUT2D eigenvalue weighted by Gasteiger charge is 2.17. The normalized spacial score (nSPS) is 10.8. The summed E-state index contributed by atoms with van der Waals surface area (Å²) < 4.78 is 0. The Bertz CT molecular complexity index is 785. The van der Waals surface area contributed by atoms with Crippen LogP contribution in [0.25, 0.3) is 10.8 Å². The predicted molar refractivity (Wildman–Crippen MR) is 81.1 cm³/mol. The number of H-pyrrole nitrogens is 1. The van der Waals surface area contributed by atoms with Crippen molar-refractivity contribution in [2.75, 3.05) is 7.05 Å². The number of fused-ring (bicyclic) bond motifs is 1. The molecule has 0 radical (unpaired) electrons. The van der Waals surface area contributed by atoms with Gasteiger partial charge in [-0.15, -0.1) is 0 Å². The summed E-state index contributed by atoms with van der Waals surface area (Å²) >= 11 is 6.08. The number of hydrogen-bond acceptors (Lipinski definition) is 3. The zero-order valence-electron chi connectivity index (χ0n) is 11.4. The molecule has 0 aliphatic heterocycles. The molecule has 0 aliphatic rings. The van der Waals surface area contributed by atoms with Crippen molar-refractivity contribution in [1.82, 2.24) is 20.1 Å². The van der Waals surface area contributed by atoms with Crippen molar-refractivity contribution in [1.29, 1.82) is 0 Å². The molecule has 3 aromatic rings. The molecule has 0 saturated carbocycles. The van der Waals surface area contributed by atoms with Crippen LogP contribution >= 0.6 is 11.6 Å². The number of pyridine rings is 1. The van der Waals surface area contributed by atoms with Crippen LogP contribution < -0.4 is 0 Å². The maximum absolute atomic E-state index is 12.6. The largest absolute Gasteiger partial charge is 0.337 e. The van der Waals surface area contributed by atoms with E-state index in [1.165, 1.54) is 6.20 Å². The van der Waals surface area contributed by atoms with Crippen LogP contribution in [0.3, 0.4) is 0 Å². The van der Waals surface area contributed by atoms with Crippen LogP contribution in [0.5, 0.6) is 0 Å². The first-order valence-electron chi connectivity index (χ1n) is 6.43. The number of benzene rings is 1. The van der Waals surface area contributed by atoms with Gasteiger partial charge < -0.3 is 4.90 Å². The molecule has 0 saturated heterocycles. The summed E-state index contributed by atoms with van der Waals surface area (Å²) in [5, 5.41) is 8.60. The van der Waals surface area contributed by atoms with E-state index in [9.17, 15) is 4.79 Å². The van der Waals surface area contributed by atoms with Crippen molar-refractivity contribution in [2.45, 2.75) is 6.54 Å². The van der Waals surface area contributed by atoms with Crippen LogP contribution in [0.2, 0.25) is 5.15 Å². The molecule has 2 aromatic heterocycles. The van der Waals surface area contributed by atoms with Crippen molar-refractivity contribution < 1.29 is 4.79 Å². The van der Waals surface area contributed by atoms with Crippen molar-refractivity contribution in [2.24, 2.45) is 0 Å². The highest BCUT2D eigenvalue weighted by atomic mass is 35.5. The molecule has 0 unspecified atom stereocenters. The molecule has 0 fully saturated rings. The topological polar surface area (TPSA) is 61.9 Å². The second-order valence-corrected chi connectivity index (χ2v) is 5.13. The zero-order chi connectivity index (χ0) is 14.8. The molecule has 1 aromatic carbocycles. The van der Waals surface area contributed by atoms with Gasteiger partial charge in [0, 0.05) is 36.9 Å². The lowest BCUT2D eigenvalue weighted by Gasteiger charge is -2.17. The molecule has 0 aliphatic carbocycles. The van der Waals surface area contributed by atoms with E-state index in [4.69, 9.17) is 11.6 Å². The molecule has 0 spiro atoms. The van der Waals surface area contributed by atoms with Gasteiger partial charge in [-0.1, -0.05) is 35.9 Å². The highest BCUT2D eigenvalue weighted by Crippen LogP contribution is 2.25. The second-order valence-electron chi connectivity index (χ2n) is 4.78. The number of halogens is 1. The van der Waals surface area contributed by atoms with Crippen LogP contribution in [0.4, 0.5) is 0 Å². The Kier molecular flexibility index (Phi) is 3.58. The third-order valence-electron chi connectivity index (χ3n) is 3.30. The molecule has 1 N–H and O–H groups in total. The molecule has 1 amide bonds. The third-order valence-corrected chi connectivity index (χ3v) is 3.60. The second kappa shape index (κ2) is 5.54. The van der Waals surface area contributed by atoms with Crippen LogP contribution in [0.15, 0.2) is 42.9 Å². The van der Waals surface area contributed by atoms with Crippen molar-refractivity contribution >= 4 is 28.3 Å². The van der Waals surface area contributed by atoms with Gasteiger partial charge in [-0.25, -0.2) is 4.98 Å². The summed E-state index contributed by atoms with van der Waals surface area (Å²) in [6, 6.07) is 7.49. The van der Waals surface area contributed by atoms with Gasteiger partial charge in [0.1, 0.15) is 5.15 Å². The lowest BCUT2D eigenvalue weighted by Crippen LogP contribution is -2.26. The van der Waals surface area contributed by atoms with E-state index in [0.29, 0.717) is 17.3 Å². The molecule has 106 valence electrons. The minimum atomic E-state index is -0.100. The third kappa shape index (κ3) is 2.60. The minimum absolute atomic E-state index is 0.100. The number of aromatic nitrogens is 3. The van der Waals surface area contributed by atoms with Crippen LogP contribution in [0, 0.1) is 0 Å². The van der Waals surface area contributed by atoms with E-state index >= 15 is 0 Å². The summed E-state index contributed by atoms with van der Waals surface area (Å²) in [6.45, 7) is 0.478. The first kappa shape index (κ1) is 13.6. The lowest BCUT2D eigenvalue weighted by atomic mass is 10.1. The predicted octanol–water partition coefficient (Wildman–Crippen LogP) is 2.88. The van der Waals surface area contributed by atoms with E-state index in [1.54, 1.807) is 24.3 Å². The zero-order valence-corrected chi connectivity index (χ0v) is 12.1. The molecule has 2 heterocycles. The average molecular weight is 301 g/mol. The number of carbonyl (C=O) groups is 1. The lowest BCUT2D eigenvalue weighted by molar-refractivity contribution is 0.0786. The van der Waals surface area contributed by atoms with Gasteiger partial charge in [0.2, 0.25) is 0 Å². The fourth-order valence-corrected chi connectivity index (χ4v) is 2.46. The van der Waals surface area contributed by atoms with Gasteiger partial charge in [-0.2, -0.15) is 5.10 Å². The van der Waals surface area contributed by atoms with Gasteiger partial charge in [-0.3, -0.25) is 9.89 Å². The molecular weight excluding hydrogens is 288 g/mol. The number of rotatable bonds is 3. The minimum Gasteiger partial charge on any atom is -0.337 e. The van der Waals surface area contributed by atoms with Crippen LogP contribution in [-0.2, 0) is 6.54 Å². The van der Waals surface area contributed by atoms with E-state index < -0.39 is 0 Å². The summed E-state index contributed by atoms with van der Waals surface area (Å²) in [6.07, 6.45) is 4.99. The monoisotopic (exact) mass is 300 g/mol. The fourth-order valence-electron chi connectivity index (χ4n) is 2.24. The summed E-state index contributed by atoms with van der Waals surface area (Å²) in [4.78, 5) is 18.3. The van der Waals surface area contributed by atoms with Crippen molar-refractivity contribution in [3.05, 3.63) is 59.1 Å². The first-order chi connectivity index (χ1) is 10.2. The summed E-state index contributed by atoms with van der Waals surface area (Å²) in [5.41, 5.74) is 1.48. The Morgan fingerprint density at radius 3 is 2.76 bits per heavy atom. The smallest absolute Gasteiger partial charge is 0.256 e. The number of carbonyl (C=O) groups excluding carboxylic acids is 1. The highest BCUT2D eigenvalue weighted by molar-refractivity contribution is 6.34. The maximum atomic E-state index is 12.6. The van der Waals surface area contributed by atoms with Gasteiger partial charge >= 0.3 is 0 Å². The van der Waals surface area contributed by atoms with Crippen molar-refractivity contribution in [3.8, 4) is 0 Å². The Labute approximate surface area is 126 Å².